The predicted molar refractivity (Wildman–Crippen MR) is 97.6 cm³/mol. The van der Waals surface area contributed by atoms with Crippen molar-refractivity contribution in [2.45, 2.75) is 77.7 Å². The summed E-state index contributed by atoms with van der Waals surface area (Å²) in [6.07, 6.45) is -2.38. The maximum Gasteiger partial charge on any atom is 0.410 e. The maximum absolute atomic E-state index is 12.3. The lowest BCUT2D eigenvalue weighted by atomic mass is 9.89. The molecule has 1 aliphatic rings. The number of alkyl carbamates (subject to hydrolysis) is 1. The van der Waals surface area contributed by atoms with E-state index in [1.54, 1.807) is 48.5 Å². The van der Waals surface area contributed by atoms with Gasteiger partial charge in [-0.3, -0.25) is 4.79 Å². The summed E-state index contributed by atoms with van der Waals surface area (Å²) in [5, 5.41) is 11.9. The van der Waals surface area contributed by atoms with E-state index in [2.05, 4.69) is 5.32 Å². The van der Waals surface area contributed by atoms with Crippen LogP contribution in [-0.2, 0) is 19.0 Å². The van der Waals surface area contributed by atoms with Crippen LogP contribution in [0.5, 0.6) is 0 Å². The van der Waals surface area contributed by atoms with Crippen LogP contribution in [0, 0.1) is 0 Å². The van der Waals surface area contributed by atoms with Crippen LogP contribution in [0.25, 0.3) is 0 Å². The van der Waals surface area contributed by atoms with Crippen molar-refractivity contribution in [3.63, 3.8) is 0 Å². The number of ether oxygens (including phenoxy) is 3. The van der Waals surface area contributed by atoms with E-state index in [9.17, 15) is 19.5 Å². The first-order valence-corrected chi connectivity index (χ1v) is 8.94. The van der Waals surface area contributed by atoms with Gasteiger partial charge in [0.2, 0.25) is 0 Å². The van der Waals surface area contributed by atoms with Crippen molar-refractivity contribution in [1.82, 2.24) is 10.2 Å². The topological polar surface area (TPSA) is 114 Å². The molecule has 0 aromatic carbocycles. The first-order chi connectivity index (χ1) is 12.1. The molecular weight excluding hydrogens is 356 g/mol. The van der Waals surface area contributed by atoms with Gasteiger partial charge in [-0.2, -0.15) is 0 Å². The Morgan fingerprint density at radius 3 is 2.11 bits per heavy atom. The normalized spacial score (nSPS) is 20.4. The minimum atomic E-state index is -1.27. The highest BCUT2D eigenvalue weighted by Gasteiger charge is 2.43. The van der Waals surface area contributed by atoms with Gasteiger partial charge in [0.1, 0.15) is 11.2 Å². The van der Waals surface area contributed by atoms with Crippen LogP contribution in [0.15, 0.2) is 0 Å². The molecule has 2 unspecified atom stereocenters. The molecular formula is C18H32N2O7. The van der Waals surface area contributed by atoms with E-state index in [1.807, 2.05) is 0 Å². The van der Waals surface area contributed by atoms with Gasteiger partial charge < -0.3 is 29.5 Å². The summed E-state index contributed by atoms with van der Waals surface area (Å²) in [6, 6.07) is 0. The molecule has 0 aromatic heterocycles. The zero-order valence-electron chi connectivity index (χ0n) is 17.2. The van der Waals surface area contributed by atoms with Crippen molar-refractivity contribution in [2.75, 3.05) is 19.7 Å². The molecule has 2 atom stereocenters. The van der Waals surface area contributed by atoms with E-state index in [4.69, 9.17) is 14.2 Å². The molecule has 2 N–H and O–H groups in total. The lowest BCUT2D eigenvalue weighted by Gasteiger charge is -2.43. The molecule has 0 bridgehead atoms. The van der Waals surface area contributed by atoms with E-state index in [0.717, 1.165) is 0 Å². The van der Waals surface area contributed by atoms with Gasteiger partial charge in [0.25, 0.3) is 0 Å². The second-order valence-electron chi connectivity index (χ2n) is 8.90. The Balaban J connectivity index is 2.93. The van der Waals surface area contributed by atoms with E-state index in [-0.39, 0.29) is 19.6 Å². The summed E-state index contributed by atoms with van der Waals surface area (Å²) in [4.78, 5) is 37.4. The van der Waals surface area contributed by atoms with Gasteiger partial charge in [-0.25, -0.2) is 9.59 Å². The van der Waals surface area contributed by atoms with Crippen LogP contribution < -0.4 is 5.32 Å². The zero-order valence-corrected chi connectivity index (χ0v) is 17.2. The van der Waals surface area contributed by atoms with Crippen molar-refractivity contribution < 1.29 is 33.7 Å². The van der Waals surface area contributed by atoms with Crippen LogP contribution in [-0.4, -0.2) is 70.7 Å². The molecule has 1 heterocycles. The van der Waals surface area contributed by atoms with Crippen LogP contribution >= 0.6 is 0 Å². The Labute approximate surface area is 160 Å². The molecule has 1 rings (SSSR count). The molecule has 9 heteroatoms. The lowest BCUT2D eigenvalue weighted by molar-refractivity contribution is -0.142. The molecule has 2 amide bonds. The van der Waals surface area contributed by atoms with Gasteiger partial charge in [-0.15, -0.1) is 0 Å². The fraction of sp³-hybridized carbons (Fsp3) is 0.833. The summed E-state index contributed by atoms with van der Waals surface area (Å²) in [6.45, 7) is 12.6. The largest absolute Gasteiger partial charge is 0.481 e. The van der Waals surface area contributed by atoms with Crippen molar-refractivity contribution in [2.24, 2.45) is 0 Å². The minimum Gasteiger partial charge on any atom is -0.481 e. The Bertz CT molecular complexity index is 565. The Morgan fingerprint density at radius 2 is 1.63 bits per heavy atom. The van der Waals surface area contributed by atoms with Crippen LogP contribution in [0.3, 0.4) is 0 Å². The average molecular weight is 388 g/mol. The highest BCUT2D eigenvalue weighted by Crippen LogP contribution is 2.24. The number of hydrogen-bond donors (Lipinski definition) is 2. The van der Waals surface area contributed by atoms with Gasteiger partial charge in [0, 0.05) is 6.54 Å². The van der Waals surface area contributed by atoms with Gasteiger partial charge in [-0.1, -0.05) is 0 Å². The molecule has 27 heavy (non-hydrogen) atoms. The van der Waals surface area contributed by atoms with Crippen LogP contribution in [0.2, 0.25) is 0 Å². The highest BCUT2D eigenvalue weighted by molar-refractivity contribution is 5.73. The van der Waals surface area contributed by atoms with E-state index in [0.29, 0.717) is 6.54 Å². The first kappa shape index (κ1) is 23.0. The third-order valence-electron chi connectivity index (χ3n) is 3.73. The SMILES string of the molecule is CC(C)(C)OC(=O)NC(C)(CC(=O)O)C1CN(C(=O)OC(C)(C)C)CCO1. The van der Waals surface area contributed by atoms with E-state index < -0.39 is 41.0 Å². The minimum absolute atomic E-state index is 0.0918. The molecule has 0 saturated carbocycles. The number of aliphatic carboxylic acids is 1. The number of hydrogen-bond acceptors (Lipinski definition) is 6. The van der Waals surface area contributed by atoms with Crippen molar-refractivity contribution in [3.8, 4) is 0 Å². The second-order valence-corrected chi connectivity index (χ2v) is 8.90. The number of nitrogens with one attached hydrogen (secondary N) is 1. The number of rotatable bonds is 4. The number of carboxylic acid groups (broad SMARTS) is 1. The fourth-order valence-electron chi connectivity index (χ4n) is 2.62. The number of carboxylic acids is 1. The van der Waals surface area contributed by atoms with Crippen LogP contribution in [0.4, 0.5) is 9.59 Å². The van der Waals surface area contributed by atoms with Crippen molar-refractivity contribution in [3.05, 3.63) is 0 Å². The Morgan fingerprint density at radius 1 is 1.07 bits per heavy atom. The first-order valence-electron chi connectivity index (χ1n) is 8.94. The zero-order chi connectivity index (χ0) is 21.0. The quantitative estimate of drug-likeness (QED) is 0.760. The summed E-state index contributed by atoms with van der Waals surface area (Å²) in [5.74, 6) is -1.11. The van der Waals surface area contributed by atoms with Gasteiger partial charge in [0.05, 0.1) is 31.2 Å². The lowest BCUT2D eigenvalue weighted by Crippen LogP contribution is -2.63. The fourth-order valence-corrected chi connectivity index (χ4v) is 2.62. The molecule has 0 aliphatic carbocycles. The molecule has 1 saturated heterocycles. The maximum atomic E-state index is 12.3. The number of carbonyl (C=O) groups excluding carboxylic acids is 2. The van der Waals surface area contributed by atoms with Crippen molar-refractivity contribution >= 4 is 18.2 Å². The Kier molecular flexibility index (Phi) is 7.10. The summed E-state index contributed by atoms with van der Waals surface area (Å²) in [5.41, 5.74) is -2.65. The molecule has 1 aliphatic heterocycles. The summed E-state index contributed by atoms with van der Waals surface area (Å²) >= 11 is 0. The summed E-state index contributed by atoms with van der Waals surface area (Å²) < 4.78 is 16.3. The third kappa shape index (κ3) is 8.03. The standard InChI is InChI=1S/C18H32N2O7/c1-16(2,3)26-14(23)19-18(7,10-13(21)22)12-11-20(8-9-25-12)15(24)27-17(4,5)6/h12H,8-11H2,1-7H3,(H,19,23)(H,21,22). The van der Waals surface area contributed by atoms with E-state index >= 15 is 0 Å². The van der Waals surface area contributed by atoms with Gasteiger partial charge >= 0.3 is 18.2 Å². The highest BCUT2D eigenvalue weighted by atomic mass is 16.6. The van der Waals surface area contributed by atoms with Gasteiger partial charge in [0.15, 0.2) is 0 Å². The molecule has 0 radical (unpaired) electrons. The molecule has 0 aromatic rings. The number of carbonyl (C=O) groups is 3. The molecule has 1 fully saturated rings. The van der Waals surface area contributed by atoms with Crippen LogP contribution in [0.1, 0.15) is 54.9 Å². The van der Waals surface area contributed by atoms with E-state index in [1.165, 1.54) is 4.90 Å². The Hall–Kier alpha value is -2.03. The number of nitrogens with zero attached hydrogens (tertiary/aromatic N) is 1. The number of morpholine rings is 1. The second kappa shape index (κ2) is 8.33. The van der Waals surface area contributed by atoms with Crippen molar-refractivity contribution in [1.29, 1.82) is 0 Å². The van der Waals surface area contributed by atoms with Gasteiger partial charge in [-0.05, 0) is 48.5 Å². The average Bonchev–Trinajstić information content (AvgIpc) is 2.42. The predicted octanol–water partition coefficient (Wildman–Crippen LogP) is 2.38. The smallest absolute Gasteiger partial charge is 0.410 e. The monoisotopic (exact) mass is 388 g/mol. The third-order valence-corrected chi connectivity index (χ3v) is 3.73. The number of amides is 2. The molecule has 9 nitrogen and oxygen atoms in total. The molecule has 0 spiro atoms. The summed E-state index contributed by atoms with van der Waals surface area (Å²) in [7, 11) is 0. The molecule has 156 valence electrons.